The Balaban J connectivity index is 4.54. The number of nitriles is 1. The molecular formula is C12H20N2O. The lowest BCUT2D eigenvalue weighted by Gasteiger charge is -2.24. The molecule has 0 spiro atoms. The van der Waals surface area contributed by atoms with Gasteiger partial charge in [-0.05, 0) is 26.2 Å². The van der Waals surface area contributed by atoms with Gasteiger partial charge in [0.25, 0.3) is 0 Å². The molecule has 0 bridgehead atoms. The highest BCUT2D eigenvalue weighted by molar-refractivity contribution is 5.85. The SMILES string of the molecule is C=CCC(C)NC(=O)C(C#N)(CC)CC. The lowest BCUT2D eigenvalue weighted by Crippen LogP contribution is -2.43. The van der Waals surface area contributed by atoms with Crippen LogP contribution in [0.5, 0.6) is 0 Å². The lowest BCUT2D eigenvalue weighted by molar-refractivity contribution is -0.129. The fourth-order valence-electron chi connectivity index (χ4n) is 1.45. The number of hydrogen-bond acceptors (Lipinski definition) is 2. The molecule has 0 saturated carbocycles. The predicted molar refractivity (Wildman–Crippen MR) is 61.0 cm³/mol. The monoisotopic (exact) mass is 208 g/mol. The average molecular weight is 208 g/mol. The van der Waals surface area contributed by atoms with Crippen molar-refractivity contribution in [3.63, 3.8) is 0 Å². The third kappa shape index (κ3) is 3.39. The maximum Gasteiger partial charge on any atom is 0.240 e. The number of carbonyl (C=O) groups is 1. The Morgan fingerprint density at radius 2 is 2.13 bits per heavy atom. The Morgan fingerprint density at radius 1 is 1.60 bits per heavy atom. The molecule has 0 fully saturated rings. The molecule has 84 valence electrons. The molecule has 1 amide bonds. The second-order valence-corrected chi connectivity index (χ2v) is 3.80. The minimum Gasteiger partial charge on any atom is -0.352 e. The minimum absolute atomic E-state index is 0.0424. The van der Waals surface area contributed by atoms with E-state index in [4.69, 9.17) is 5.26 Å². The quantitative estimate of drug-likeness (QED) is 0.681. The van der Waals surface area contributed by atoms with E-state index in [9.17, 15) is 4.79 Å². The third-order valence-electron chi connectivity index (χ3n) is 2.75. The van der Waals surface area contributed by atoms with Gasteiger partial charge in [0.15, 0.2) is 0 Å². The van der Waals surface area contributed by atoms with Crippen LogP contribution < -0.4 is 5.32 Å². The summed E-state index contributed by atoms with van der Waals surface area (Å²) >= 11 is 0. The number of rotatable bonds is 6. The summed E-state index contributed by atoms with van der Waals surface area (Å²) in [6.45, 7) is 9.26. The lowest BCUT2D eigenvalue weighted by atomic mass is 9.83. The molecular weight excluding hydrogens is 188 g/mol. The summed E-state index contributed by atoms with van der Waals surface area (Å²) in [5.41, 5.74) is -0.866. The molecule has 0 aliphatic heterocycles. The predicted octanol–water partition coefficient (Wildman–Crippen LogP) is 2.40. The molecule has 3 nitrogen and oxygen atoms in total. The second-order valence-electron chi connectivity index (χ2n) is 3.80. The summed E-state index contributed by atoms with van der Waals surface area (Å²) < 4.78 is 0. The largest absolute Gasteiger partial charge is 0.352 e. The second kappa shape index (κ2) is 6.23. The number of hydrogen-bond donors (Lipinski definition) is 1. The minimum atomic E-state index is -0.866. The first-order valence-electron chi connectivity index (χ1n) is 5.39. The number of nitrogens with zero attached hydrogens (tertiary/aromatic N) is 1. The van der Waals surface area contributed by atoms with Crippen molar-refractivity contribution in [3.05, 3.63) is 12.7 Å². The van der Waals surface area contributed by atoms with Gasteiger partial charge in [-0.2, -0.15) is 5.26 Å². The van der Waals surface area contributed by atoms with Crippen LogP contribution in [-0.4, -0.2) is 11.9 Å². The highest BCUT2D eigenvalue weighted by atomic mass is 16.2. The first kappa shape index (κ1) is 13.7. The molecule has 0 rings (SSSR count). The van der Waals surface area contributed by atoms with Gasteiger partial charge in [0, 0.05) is 6.04 Å². The van der Waals surface area contributed by atoms with Gasteiger partial charge in [-0.25, -0.2) is 0 Å². The normalized spacial score (nSPS) is 12.7. The van der Waals surface area contributed by atoms with E-state index < -0.39 is 5.41 Å². The van der Waals surface area contributed by atoms with E-state index in [-0.39, 0.29) is 11.9 Å². The van der Waals surface area contributed by atoms with Crippen LogP contribution in [0.4, 0.5) is 0 Å². The Bertz CT molecular complexity index is 261. The van der Waals surface area contributed by atoms with Gasteiger partial charge >= 0.3 is 0 Å². The first-order chi connectivity index (χ1) is 7.06. The fourth-order valence-corrected chi connectivity index (χ4v) is 1.45. The molecule has 0 heterocycles. The standard InChI is InChI=1S/C12H20N2O/c1-5-8-10(4)14-11(15)12(6-2,7-3)9-13/h5,10H,1,6-8H2,2-4H3,(H,14,15). The summed E-state index contributed by atoms with van der Waals surface area (Å²) in [6.07, 6.45) is 3.58. The van der Waals surface area contributed by atoms with Gasteiger partial charge in [0.1, 0.15) is 5.41 Å². The van der Waals surface area contributed by atoms with Crippen molar-refractivity contribution < 1.29 is 4.79 Å². The smallest absolute Gasteiger partial charge is 0.240 e. The van der Waals surface area contributed by atoms with Gasteiger partial charge in [-0.1, -0.05) is 19.9 Å². The van der Waals surface area contributed by atoms with Crippen molar-refractivity contribution in [2.45, 2.75) is 46.1 Å². The van der Waals surface area contributed by atoms with Crippen molar-refractivity contribution in [2.75, 3.05) is 0 Å². The molecule has 1 N–H and O–H groups in total. The van der Waals surface area contributed by atoms with Crippen LogP contribution in [0.1, 0.15) is 40.0 Å². The van der Waals surface area contributed by atoms with E-state index in [1.54, 1.807) is 6.08 Å². The Morgan fingerprint density at radius 3 is 2.47 bits per heavy atom. The zero-order chi connectivity index (χ0) is 11.9. The molecule has 1 atom stereocenters. The third-order valence-corrected chi connectivity index (χ3v) is 2.75. The van der Waals surface area contributed by atoms with E-state index in [1.807, 2.05) is 20.8 Å². The van der Waals surface area contributed by atoms with Gasteiger partial charge in [0.05, 0.1) is 6.07 Å². The van der Waals surface area contributed by atoms with Crippen LogP contribution >= 0.6 is 0 Å². The van der Waals surface area contributed by atoms with E-state index in [1.165, 1.54) is 0 Å². The molecule has 3 heteroatoms. The average Bonchev–Trinajstić information content (AvgIpc) is 2.21. The fraction of sp³-hybridized carbons (Fsp3) is 0.667. The summed E-state index contributed by atoms with van der Waals surface area (Å²) in [5, 5.41) is 11.9. The highest BCUT2D eigenvalue weighted by Gasteiger charge is 2.35. The molecule has 0 aliphatic carbocycles. The maximum absolute atomic E-state index is 11.9. The van der Waals surface area contributed by atoms with Gasteiger partial charge in [-0.15, -0.1) is 6.58 Å². The van der Waals surface area contributed by atoms with Crippen molar-refractivity contribution in [2.24, 2.45) is 5.41 Å². The highest BCUT2D eigenvalue weighted by Crippen LogP contribution is 2.25. The molecule has 0 radical (unpaired) electrons. The summed E-state index contributed by atoms with van der Waals surface area (Å²) in [4.78, 5) is 11.9. The number of amides is 1. The van der Waals surface area contributed by atoms with Gasteiger partial charge in [0.2, 0.25) is 5.91 Å². The van der Waals surface area contributed by atoms with E-state index in [2.05, 4.69) is 18.0 Å². The first-order valence-corrected chi connectivity index (χ1v) is 5.39. The van der Waals surface area contributed by atoms with E-state index in [0.717, 1.165) is 6.42 Å². The summed E-state index contributed by atoms with van der Waals surface area (Å²) in [5.74, 6) is -0.163. The molecule has 0 aromatic heterocycles. The van der Waals surface area contributed by atoms with Crippen LogP contribution in [0.3, 0.4) is 0 Å². The van der Waals surface area contributed by atoms with Crippen molar-refractivity contribution in [3.8, 4) is 6.07 Å². The van der Waals surface area contributed by atoms with Crippen LogP contribution in [-0.2, 0) is 4.79 Å². The van der Waals surface area contributed by atoms with Crippen molar-refractivity contribution in [1.29, 1.82) is 5.26 Å². The Kier molecular flexibility index (Phi) is 5.69. The molecule has 0 aromatic carbocycles. The van der Waals surface area contributed by atoms with Gasteiger partial charge in [-0.3, -0.25) is 4.79 Å². The maximum atomic E-state index is 11.9. The van der Waals surface area contributed by atoms with Crippen LogP contribution in [0.15, 0.2) is 12.7 Å². The van der Waals surface area contributed by atoms with E-state index in [0.29, 0.717) is 12.8 Å². The van der Waals surface area contributed by atoms with E-state index >= 15 is 0 Å². The Hall–Kier alpha value is -1.30. The number of carbonyl (C=O) groups excluding carboxylic acids is 1. The number of nitrogens with one attached hydrogen (secondary N) is 1. The molecule has 1 unspecified atom stereocenters. The summed E-state index contributed by atoms with van der Waals surface area (Å²) in [7, 11) is 0. The van der Waals surface area contributed by atoms with Crippen LogP contribution in [0.25, 0.3) is 0 Å². The zero-order valence-corrected chi connectivity index (χ0v) is 9.84. The van der Waals surface area contributed by atoms with Crippen molar-refractivity contribution in [1.82, 2.24) is 5.32 Å². The van der Waals surface area contributed by atoms with Crippen LogP contribution in [0.2, 0.25) is 0 Å². The van der Waals surface area contributed by atoms with Crippen LogP contribution in [0, 0.1) is 16.7 Å². The van der Waals surface area contributed by atoms with Crippen molar-refractivity contribution >= 4 is 5.91 Å². The summed E-state index contributed by atoms with van der Waals surface area (Å²) in [6, 6.07) is 2.17. The van der Waals surface area contributed by atoms with Gasteiger partial charge < -0.3 is 5.32 Å². The topological polar surface area (TPSA) is 52.9 Å². The Labute approximate surface area is 92.2 Å². The molecule has 0 saturated heterocycles. The molecule has 0 aliphatic rings. The molecule has 0 aromatic rings. The zero-order valence-electron chi connectivity index (χ0n) is 9.84. The molecule has 15 heavy (non-hydrogen) atoms.